The fourth-order valence-electron chi connectivity index (χ4n) is 1.51. The van der Waals surface area contributed by atoms with Crippen LogP contribution in [-0.2, 0) is 4.79 Å². The smallest absolute Gasteiger partial charge is 0.221 e. The number of halogens is 1. The second-order valence-electron chi connectivity index (χ2n) is 4.44. The Kier molecular flexibility index (Phi) is 6.68. The van der Waals surface area contributed by atoms with E-state index in [1.54, 1.807) is 11.3 Å². The lowest BCUT2D eigenvalue weighted by Gasteiger charge is -2.14. The fraction of sp³-hybridized carbons (Fsp3) is 0.615. The molecule has 2 atom stereocenters. The Bertz CT molecular complexity index is 381. The van der Waals surface area contributed by atoms with Gasteiger partial charge in [0.15, 0.2) is 0 Å². The van der Waals surface area contributed by atoms with E-state index >= 15 is 0 Å². The Balaban J connectivity index is 2.23. The summed E-state index contributed by atoms with van der Waals surface area (Å²) in [6, 6.07) is 4.41. The van der Waals surface area contributed by atoms with Crippen molar-refractivity contribution in [1.29, 1.82) is 0 Å². The minimum Gasteiger partial charge on any atom is -0.354 e. The van der Waals surface area contributed by atoms with E-state index < -0.39 is 0 Å². The molecule has 0 saturated carbocycles. The monoisotopic (exact) mass is 288 g/mol. The van der Waals surface area contributed by atoms with E-state index in [1.807, 2.05) is 19.1 Å². The standard InChI is InChI=1S/C13H21ClN2OS/c1-4-9(2)16-13(17)7-8-15-10(3)11-5-6-12(14)18-11/h5-6,9-10,15H,4,7-8H2,1-3H3,(H,16,17). The Morgan fingerprint density at radius 1 is 1.44 bits per heavy atom. The van der Waals surface area contributed by atoms with Gasteiger partial charge in [0.25, 0.3) is 0 Å². The first-order chi connectivity index (χ1) is 8.52. The van der Waals surface area contributed by atoms with Crippen molar-refractivity contribution in [3.63, 3.8) is 0 Å². The van der Waals surface area contributed by atoms with Crippen molar-refractivity contribution in [1.82, 2.24) is 10.6 Å². The summed E-state index contributed by atoms with van der Waals surface area (Å²) in [5.41, 5.74) is 0. The van der Waals surface area contributed by atoms with Gasteiger partial charge in [-0.3, -0.25) is 4.79 Å². The van der Waals surface area contributed by atoms with Crippen LogP contribution in [0.5, 0.6) is 0 Å². The molecule has 0 aliphatic heterocycles. The summed E-state index contributed by atoms with van der Waals surface area (Å²) in [4.78, 5) is 12.8. The molecular formula is C13H21ClN2OS. The number of carbonyl (C=O) groups is 1. The third-order valence-electron chi connectivity index (χ3n) is 2.84. The summed E-state index contributed by atoms with van der Waals surface area (Å²) in [5, 5.41) is 6.28. The molecule has 0 spiro atoms. The molecule has 0 aliphatic rings. The van der Waals surface area contributed by atoms with Crippen LogP contribution >= 0.6 is 22.9 Å². The maximum Gasteiger partial charge on any atom is 0.221 e. The van der Waals surface area contributed by atoms with Gasteiger partial charge >= 0.3 is 0 Å². The maximum absolute atomic E-state index is 11.6. The highest BCUT2D eigenvalue weighted by molar-refractivity contribution is 7.16. The molecule has 3 nitrogen and oxygen atoms in total. The van der Waals surface area contributed by atoms with Crippen molar-refractivity contribution in [3.05, 3.63) is 21.3 Å². The second-order valence-corrected chi connectivity index (χ2v) is 6.19. The number of hydrogen-bond donors (Lipinski definition) is 2. The number of carbonyl (C=O) groups excluding carboxylic acids is 1. The Hall–Kier alpha value is -0.580. The number of nitrogens with one attached hydrogen (secondary N) is 2. The van der Waals surface area contributed by atoms with Crippen molar-refractivity contribution in [2.24, 2.45) is 0 Å². The fourth-order valence-corrected chi connectivity index (χ4v) is 2.60. The van der Waals surface area contributed by atoms with E-state index in [9.17, 15) is 4.79 Å². The van der Waals surface area contributed by atoms with Gasteiger partial charge in [-0.05, 0) is 32.4 Å². The maximum atomic E-state index is 11.6. The number of hydrogen-bond acceptors (Lipinski definition) is 3. The summed E-state index contributed by atoms with van der Waals surface area (Å²) >= 11 is 7.46. The van der Waals surface area contributed by atoms with Crippen LogP contribution in [0.25, 0.3) is 0 Å². The third-order valence-corrected chi connectivity index (χ3v) is 4.26. The van der Waals surface area contributed by atoms with Gasteiger partial charge in [0.2, 0.25) is 5.91 Å². The Morgan fingerprint density at radius 2 is 2.17 bits per heavy atom. The SMILES string of the molecule is CCC(C)NC(=O)CCNC(C)c1ccc(Cl)s1. The topological polar surface area (TPSA) is 41.1 Å². The molecule has 0 fully saturated rings. The highest BCUT2D eigenvalue weighted by atomic mass is 35.5. The lowest BCUT2D eigenvalue weighted by molar-refractivity contribution is -0.121. The van der Waals surface area contributed by atoms with E-state index in [2.05, 4.69) is 24.5 Å². The summed E-state index contributed by atoms with van der Waals surface area (Å²) in [5.74, 6) is 0.105. The van der Waals surface area contributed by atoms with Gasteiger partial charge < -0.3 is 10.6 Å². The molecular weight excluding hydrogens is 268 g/mol. The number of rotatable bonds is 7. The van der Waals surface area contributed by atoms with Crippen LogP contribution in [0.2, 0.25) is 4.34 Å². The van der Waals surface area contributed by atoms with Crippen LogP contribution < -0.4 is 10.6 Å². The van der Waals surface area contributed by atoms with Crippen LogP contribution in [-0.4, -0.2) is 18.5 Å². The van der Waals surface area contributed by atoms with E-state index in [-0.39, 0.29) is 18.0 Å². The van der Waals surface area contributed by atoms with Crippen LogP contribution in [0.3, 0.4) is 0 Å². The van der Waals surface area contributed by atoms with Gasteiger partial charge in [0.05, 0.1) is 4.34 Å². The molecule has 1 rings (SSSR count). The third kappa shape index (κ3) is 5.38. The molecule has 102 valence electrons. The zero-order valence-corrected chi connectivity index (χ0v) is 12.7. The molecule has 2 unspecified atom stereocenters. The van der Waals surface area contributed by atoms with Crippen molar-refractivity contribution in [2.45, 2.75) is 45.7 Å². The normalized spacial score (nSPS) is 14.2. The molecule has 0 aliphatic carbocycles. The predicted molar refractivity (Wildman–Crippen MR) is 78.3 cm³/mol. The minimum atomic E-state index is 0.105. The molecule has 0 saturated heterocycles. The van der Waals surface area contributed by atoms with Crippen LogP contribution in [0.15, 0.2) is 12.1 Å². The first-order valence-electron chi connectivity index (χ1n) is 6.31. The summed E-state index contributed by atoms with van der Waals surface area (Å²) in [6.07, 6.45) is 1.47. The molecule has 1 heterocycles. The van der Waals surface area contributed by atoms with E-state index in [1.165, 1.54) is 4.88 Å². The Labute approximate surface area is 118 Å². The molecule has 0 radical (unpaired) electrons. The number of thiophene rings is 1. The van der Waals surface area contributed by atoms with Crippen molar-refractivity contribution < 1.29 is 4.79 Å². The summed E-state index contributed by atoms with van der Waals surface area (Å²) in [7, 11) is 0. The highest BCUT2D eigenvalue weighted by Gasteiger charge is 2.09. The van der Waals surface area contributed by atoms with Gasteiger partial charge in [-0.1, -0.05) is 18.5 Å². The van der Waals surface area contributed by atoms with Crippen LogP contribution in [0.1, 0.15) is 44.5 Å². The second kappa shape index (κ2) is 7.77. The first kappa shape index (κ1) is 15.5. The largest absolute Gasteiger partial charge is 0.354 e. The predicted octanol–water partition coefficient (Wildman–Crippen LogP) is 3.36. The molecule has 1 aromatic rings. The van der Waals surface area contributed by atoms with E-state index in [4.69, 9.17) is 11.6 Å². The van der Waals surface area contributed by atoms with Gasteiger partial charge in [-0.15, -0.1) is 11.3 Å². The lowest BCUT2D eigenvalue weighted by atomic mass is 10.2. The quantitative estimate of drug-likeness (QED) is 0.808. The Morgan fingerprint density at radius 3 is 2.72 bits per heavy atom. The summed E-state index contributed by atoms with van der Waals surface area (Å²) in [6.45, 7) is 6.83. The van der Waals surface area contributed by atoms with Crippen molar-refractivity contribution in [3.8, 4) is 0 Å². The molecule has 1 amide bonds. The number of amides is 1. The minimum absolute atomic E-state index is 0.105. The zero-order valence-electron chi connectivity index (χ0n) is 11.1. The van der Waals surface area contributed by atoms with Gasteiger partial charge in [-0.25, -0.2) is 0 Å². The van der Waals surface area contributed by atoms with Gasteiger partial charge in [0, 0.05) is 29.9 Å². The van der Waals surface area contributed by atoms with Gasteiger partial charge in [0.1, 0.15) is 0 Å². The van der Waals surface area contributed by atoms with Crippen LogP contribution in [0.4, 0.5) is 0 Å². The molecule has 2 N–H and O–H groups in total. The first-order valence-corrected chi connectivity index (χ1v) is 7.50. The van der Waals surface area contributed by atoms with Crippen LogP contribution in [0, 0.1) is 0 Å². The molecule has 18 heavy (non-hydrogen) atoms. The summed E-state index contributed by atoms with van der Waals surface area (Å²) < 4.78 is 0.799. The lowest BCUT2D eigenvalue weighted by Crippen LogP contribution is -2.34. The molecule has 0 bridgehead atoms. The van der Waals surface area contributed by atoms with Crippen molar-refractivity contribution in [2.75, 3.05) is 6.54 Å². The average molecular weight is 289 g/mol. The van der Waals surface area contributed by atoms with E-state index in [0.29, 0.717) is 13.0 Å². The van der Waals surface area contributed by atoms with Gasteiger partial charge in [-0.2, -0.15) is 0 Å². The molecule has 1 aromatic heterocycles. The van der Waals surface area contributed by atoms with E-state index in [0.717, 1.165) is 10.8 Å². The molecule has 5 heteroatoms. The molecule has 0 aromatic carbocycles. The van der Waals surface area contributed by atoms with Crippen molar-refractivity contribution >= 4 is 28.8 Å². The zero-order chi connectivity index (χ0) is 13.5. The average Bonchev–Trinajstić information content (AvgIpc) is 2.75. The highest BCUT2D eigenvalue weighted by Crippen LogP contribution is 2.26.